The Hall–Kier alpha value is 0.0900. The number of thiophene rings is 2. The van der Waals surface area contributed by atoms with Crippen LogP contribution in [0.25, 0.3) is 0 Å². The Kier molecular flexibility index (Phi) is 3.82. The largest absolute Gasteiger partial charge is 0.309 e. The Labute approximate surface area is 112 Å². The van der Waals surface area contributed by atoms with Crippen LogP contribution >= 0.6 is 45.3 Å². The van der Waals surface area contributed by atoms with Crippen LogP contribution in [0.3, 0.4) is 0 Å². The highest BCUT2D eigenvalue weighted by Crippen LogP contribution is 2.29. The maximum Gasteiger partial charge on any atom is 0.0656 e. The van der Waals surface area contributed by atoms with Gasteiger partial charge in [-0.2, -0.15) is 0 Å². The molecular formula is C11H12INS2. The van der Waals surface area contributed by atoms with Crippen molar-refractivity contribution in [1.29, 1.82) is 0 Å². The standard InChI is InChI=1S/C11H12INS2/c1-7-3-8(5-14-7)11(13-2)9-4-10(12)15-6-9/h3-6,11,13H,1-2H3. The molecule has 1 nitrogen and oxygen atoms in total. The van der Waals surface area contributed by atoms with Gasteiger partial charge in [0.1, 0.15) is 0 Å². The van der Waals surface area contributed by atoms with Gasteiger partial charge in [0.15, 0.2) is 0 Å². The molecule has 0 aliphatic heterocycles. The van der Waals surface area contributed by atoms with Gasteiger partial charge in [-0.15, -0.1) is 22.7 Å². The molecule has 0 radical (unpaired) electrons. The third kappa shape index (κ3) is 2.61. The van der Waals surface area contributed by atoms with Crippen molar-refractivity contribution in [3.8, 4) is 0 Å². The summed E-state index contributed by atoms with van der Waals surface area (Å²) in [5.41, 5.74) is 2.74. The number of halogens is 1. The number of rotatable bonds is 3. The van der Waals surface area contributed by atoms with E-state index in [1.165, 1.54) is 18.9 Å². The van der Waals surface area contributed by atoms with Crippen LogP contribution in [0.15, 0.2) is 22.9 Å². The van der Waals surface area contributed by atoms with Crippen LogP contribution in [-0.2, 0) is 0 Å². The van der Waals surface area contributed by atoms with E-state index in [1.54, 1.807) is 11.3 Å². The molecule has 80 valence electrons. The molecule has 2 aromatic heterocycles. The van der Waals surface area contributed by atoms with Crippen molar-refractivity contribution in [2.45, 2.75) is 13.0 Å². The number of nitrogens with one attached hydrogen (secondary N) is 1. The van der Waals surface area contributed by atoms with Gasteiger partial charge in [0.05, 0.1) is 8.93 Å². The maximum absolute atomic E-state index is 3.37. The molecule has 0 aromatic carbocycles. The summed E-state index contributed by atoms with van der Waals surface area (Å²) in [6.45, 7) is 2.15. The SMILES string of the molecule is CNC(c1csc(C)c1)c1csc(I)c1. The van der Waals surface area contributed by atoms with Gasteiger partial charge in [-0.1, -0.05) is 0 Å². The molecule has 0 fully saturated rings. The first-order valence-electron chi connectivity index (χ1n) is 4.67. The fourth-order valence-corrected chi connectivity index (χ4v) is 3.74. The molecule has 0 aliphatic carbocycles. The molecule has 2 heterocycles. The normalized spacial score (nSPS) is 13.0. The van der Waals surface area contributed by atoms with E-state index in [9.17, 15) is 0 Å². The minimum Gasteiger partial charge on any atom is -0.309 e. The quantitative estimate of drug-likeness (QED) is 0.825. The Bertz CT molecular complexity index is 407. The maximum atomic E-state index is 3.37. The summed E-state index contributed by atoms with van der Waals surface area (Å²) in [6, 6.07) is 4.85. The number of aryl methyl sites for hydroxylation is 1. The molecule has 0 aliphatic rings. The lowest BCUT2D eigenvalue weighted by molar-refractivity contribution is 0.696. The fraction of sp³-hybridized carbons (Fsp3) is 0.273. The smallest absolute Gasteiger partial charge is 0.0656 e. The lowest BCUT2D eigenvalue weighted by Gasteiger charge is -2.12. The zero-order chi connectivity index (χ0) is 10.8. The first-order chi connectivity index (χ1) is 7.20. The van der Waals surface area contributed by atoms with Gasteiger partial charge < -0.3 is 5.32 Å². The van der Waals surface area contributed by atoms with Gasteiger partial charge in [0.25, 0.3) is 0 Å². The Morgan fingerprint density at radius 2 is 1.87 bits per heavy atom. The van der Waals surface area contributed by atoms with E-state index in [1.807, 2.05) is 18.4 Å². The monoisotopic (exact) mass is 349 g/mol. The van der Waals surface area contributed by atoms with E-state index < -0.39 is 0 Å². The van der Waals surface area contributed by atoms with Crippen LogP contribution in [-0.4, -0.2) is 7.05 Å². The first-order valence-corrected chi connectivity index (χ1v) is 7.50. The predicted molar refractivity (Wildman–Crippen MR) is 77.0 cm³/mol. The van der Waals surface area contributed by atoms with Crippen LogP contribution in [0.5, 0.6) is 0 Å². The molecule has 1 unspecified atom stereocenters. The summed E-state index contributed by atoms with van der Waals surface area (Å²) in [5, 5.41) is 7.84. The van der Waals surface area contributed by atoms with Gasteiger partial charge in [-0.05, 0) is 70.6 Å². The Balaban J connectivity index is 2.32. The van der Waals surface area contributed by atoms with Crippen LogP contribution in [0.4, 0.5) is 0 Å². The molecule has 0 saturated carbocycles. The third-order valence-electron chi connectivity index (χ3n) is 2.29. The number of hydrogen-bond acceptors (Lipinski definition) is 3. The van der Waals surface area contributed by atoms with E-state index in [0.29, 0.717) is 6.04 Å². The highest BCUT2D eigenvalue weighted by atomic mass is 127. The average molecular weight is 349 g/mol. The first kappa shape index (κ1) is 11.6. The molecular weight excluding hydrogens is 337 g/mol. The molecule has 2 aromatic rings. The lowest BCUT2D eigenvalue weighted by Crippen LogP contribution is -2.16. The molecule has 4 heteroatoms. The summed E-state index contributed by atoms with van der Waals surface area (Å²) in [5.74, 6) is 0. The zero-order valence-electron chi connectivity index (χ0n) is 8.58. The van der Waals surface area contributed by atoms with Crippen molar-refractivity contribution in [2.75, 3.05) is 7.05 Å². The Morgan fingerprint density at radius 3 is 2.33 bits per heavy atom. The molecule has 0 amide bonds. The second-order valence-electron chi connectivity index (χ2n) is 3.40. The molecule has 0 saturated heterocycles. The average Bonchev–Trinajstić information content (AvgIpc) is 2.78. The van der Waals surface area contributed by atoms with Crippen molar-refractivity contribution in [1.82, 2.24) is 5.32 Å². The second kappa shape index (κ2) is 4.95. The van der Waals surface area contributed by atoms with Crippen molar-refractivity contribution >= 4 is 45.3 Å². The van der Waals surface area contributed by atoms with Crippen LogP contribution in [0.1, 0.15) is 22.0 Å². The second-order valence-corrected chi connectivity index (χ2v) is 7.32. The van der Waals surface area contributed by atoms with Crippen molar-refractivity contribution in [2.24, 2.45) is 0 Å². The van der Waals surface area contributed by atoms with Crippen LogP contribution in [0, 0.1) is 9.81 Å². The van der Waals surface area contributed by atoms with E-state index in [-0.39, 0.29) is 0 Å². The predicted octanol–water partition coefficient (Wildman–Crippen LogP) is 4.03. The van der Waals surface area contributed by atoms with E-state index in [0.717, 1.165) is 0 Å². The molecule has 1 N–H and O–H groups in total. The topological polar surface area (TPSA) is 12.0 Å². The minimum absolute atomic E-state index is 0.342. The van der Waals surface area contributed by atoms with Crippen molar-refractivity contribution in [3.63, 3.8) is 0 Å². The summed E-state index contributed by atoms with van der Waals surface area (Å²) < 4.78 is 1.34. The summed E-state index contributed by atoms with van der Waals surface area (Å²) in [7, 11) is 2.02. The highest BCUT2D eigenvalue weighted by molar-refractivity contribution is 14.1. The van der Waals surface area contributed by atoms with E-state index in [2.05, 4.69) is 57.7 Å². The van der Waals surface area contributed by atoms with Gasteiger partial charge in [0.2, 0.25) is 0 Å². The van der Waals surface area contributed by atoms with E-state index in [4.69, 9.17) is 0 Å². The van der Waals surface area contributed by atoms with Gasteiger partial charge in [0, 0.05) is 4.88 Å². The van der Waals surface area contributed by atoms with Gasteiger partial charge in [-0.3, -0.25) is 0 Å². The zero-order valence-corrected chi connectivity index (χ0v) is 12.4. The molecule has 0 spiro atoms. The van der Waals surface area contributed by atoms with Crippen molar-refractivity contribution < 1.29 is 0 Å². The molecule has 15 heavy (non-hydrogen) atoms. The summed E-state index contributed by atoms with van der Waals surface area (Å²) in [6.07, 6.45) is 0. The highest BCUT2D eigenvalue weighted by Gasteiger charge is 2.14. The lowest BCUT2D eigenvalue weighted by atomic mass is 10.0. The van der Waals surface area contributed by atoms with Gasteiger partial charge >= 0.3 is 0 Å². The molecule has 1 atom stereocenters. The fourth-order valence-electron chi connectivity index (χ4n) is 1.62. The van der Waals surface area contributed by atoms with Crippen LogP contribution in [0.2, 0.25) is 0 Å². The molecule has 0 bridgehead atoms. The molecule has 2 rings (SSSR count). The summed E-state index contributed by atoms with van der Waals surface area (Å²) >= 11 is 5.98. The summed E-state index contributed by atoms with van der Waals surface area (Å²) in [4.78, 5) is 1.37. The van der Waals surface area contributed by atoms with Crippen LogP contribution < -0.4 is 5.32 Å². The van der Waals surface area contributed by atoms with Gasteiger partial charge in [-0.25, -0.2) is 0 Å². The Morgan fingerprint density at radius 1 is 1.20 bits per heavy atom. The minimum atomic E-state index is 0.342. The van der Waals surface area contributed by atoms with E-state index >= 15 is 0 Å². The third-order valence-corrected chi connectivity index (χ3v) is 4.98. The van der Waals surface area contributed by atoms with Crippen molar-refractivity contribution in [3.05, 3.63) is 41.8 Å². The number of hydrogen-bond donors (Lipinski definition) is 1.